The molecule has 0 N–H and O–H groups in total. The van der Waals surface area contributed by atoms with E-state index in [2.05, 4.69) is 4.98 Å². The van der Waals surface area contributed by atoms with Crippen LogP contribution < -0.4 is 0 Å². The van der Waals surface area contributed by atoms with Crippen LogP contribution in [0, 0.1) is 12.8 Å². The van der Waals surface area contributed by atoms with Crippen molar-refractivity contribution in [3.63, 3.8) is 0 Å². The number of carbonyl (C=O) groups is 3. The number of rotatable bonds is 5. The van der Waals surface area contributed by atoms with Crippen LogP contribution in [-0.4, -0.2) is 69.2 Å². The number of amides is 4. The number of aryl methyl sites for hydroxylation is 2. The first-order valence-electron chi connectivity index (χ1n) is 10.1. The number of carbonyl (C=O) groups excluding carboxylic acids is 3. The first-order valence-corrected chi connectivity index (χ1v) is 10.1. The number of piperidine rings is 1. The molecule has 2 aliphatic rings. The van der Waals surface area contributed by atoms with Gasteiger partial charge in [0.15, 0.2) is 5.89 Å². The minimum absolute atomic E-state index is 0.128. The molecule has 3 rings (SSSR count). The van der Waals surface area contributed by atoms with E-state index in [0.29, 0.717) is 57.0 Å². The molecule has 0 radical (unpaired) electrons. The molecule has 0 aromatic carbocycles. The fraction of sp³-hybridized carbons (Fsp3) is 0.700. The summed E-state index contributed by atoms with van der Waals surface area (Å²) in [7, 11) is 0. The van der Waals surface area contributed by atoms with Crippen LogP contribution in [0.1, 0.15) is 62.7 Å². The summed E-state index contributed by atoms with van der Waals surface area (Å²) < 4.78 is 5.60. The van der Waals surface area contributed by atoms with Crippen LogP contribution in [0.15, 0.2) is 4.42 Å². The van der Waals surface area contributed by atoms with Crippen molar-refractivity contribution in [1.82, 2.24) is 19.7 Å². The van der Waals surface area contributed by atoms with Crippen molar-refractivity contribution >= 4 is 17.8 Å². The molecule has 3 heterocycles. The van der Waals surface area contributed by atoms with E-state index in [0.717, 1.165) is 0 Å². The number of likely N-dealkylation sites (tertiary alicyclic amines) is 1. The number of likely N-dealkylation sites (N-methyl/N-ethyl adjacent to an activating group) is 1. The van der Waals surface area contributed by atoms with Gasteiger partial charge in [-0.1, -0.05) is 20.8 Å². The molecule has 0 bridgehead atoms. The van der Waals surface area contributed by atoms with E-state index in [1.165, 1.54) is 4.90 Å². The number of hydrogen-bond acceptors (Lipinski definition) is 5. The molecule has 2 fully saturated rings. The molecule has 8 heteroatoms. The van der Waals surface area contributed by atoms with Crippen molar-refractivity contribution in [2.75, 3.05) is 26.2 Å². The molecular formula is C20H30N4O4. The van der Waals surface area contributed by atoms with E-state index in [1.807, 2.05) is 27.7 Å². The highest BCUT2D eigenvalue weighted by atomic mass is 16.4. The van der Waals surface area contributed by atoms with Crippen molar-refractivity contribution < 1.29 is 18.8 Å². The summed E-state index contributed by atoms with van der Waals surface area (Å²) in [5.74, 6) is 0.758. The quantitative estimate of drug-likeness (QED) is 0.721. The Morgan fingerprint density at radius 3 is 2.36 bits per heavy atom. The van der Waals surface area contributed by atoms with Gasteiger partial charge in [0.1, 0.15) is 5.54 Å². The maximum absolute atomic E-state index is 13.1. The van der Waals surface area contributed by atoms with Crippen LogP contribution >= 0.6 is 0 Å². The molecular weight excluding hydrogens is 360 g/mol. The maximum atomic E-state index is 13.1. The standard InChI is InChI=1S/C20H30N4O4/c1-6-15-21-14(5)16(28-15)17(25)22-10-8-20(9-11-22)18(26)23(7-2)19(27)24(20)12-13(3)4/h13H,6-12H2,1-5H3. The summed E-state index contributed by atoms with van der Waals surface area (Å²) in [4.78, 5) is 47.8. The zero-order chi connectivity index (χ0) is 20.6. The predicted octanol–water partition coefficient (Wildman–Crippen LogP) is 2.46. The second-order valence-corrected chi connectivity index (χ2v) is 8.04. The van der Waals surface area contributed by atoms with Gasteiger partial charge in [-0.05, 0) is 32.6 Å². The summed E-state index contributed by atoms with van der Waals surface area (Å²) in [6.45, 7) is 11.3. The largest absolute Gasteiger partial charge is 0.435 e. The lowest BCUT2D eigenvalue weighted by Gasteiger charge is -2.42. The van der Waals surface area contributed by atoms with Gasteiger partial charge >= 0.3 is 6.03 Å². The third-order valence-electron chi connectivity index (χ3n) is 5.70. The Morgan fingerprint density at radius 1 is 1.21 bits per heavy atom. The smallest absolute Gasteiger partial charge is 0.327 e. The lowest BCUT2D eigenvalue weighted by atomic mass is 9.85. The van der Waals surface area contributed by atoms with E-state index in [9.17, 15) is 14.4 Å². The molecule has 28 heavy (non-hydrogen) atoms. The summed E-state index contributed by atoms with van der Waals surface area (Å²) in [6, 6.07) is -0.209. The highest BCUT2D eigenvalue weighted by Crippen LogP contribution is 2.38. The zero-order valence-electron chi connectivity index (χ0n) is 17.4. The van der Waals surface area contributed by atoms with Crippen LogP contribution in [-0.2, 0) is 11.2 Å². The number of aromatic nitrogens is 1. The molecule has 0 saturated carbocycles. The third-order valence-corrected chi connectivity index (χ3v) is 5.70. The van der Waals surface area contributed by atoms with Crippen molar-refractivity contribution in [3.05, 3.63) is 17.3 Å². The van der Waals surface area contributed by atoms with Gasteiger partial charge in [0.2, 0.25) is 5.76 Å². The Kier molecular flexibility index (Phi) is 5.50. The number of urea groups is 1. The van der Waals surface area contributed by atoms with Crippen LogP contribution in [0.25, 0.3) is 0 Å². The molecule has 1 aromatic heterocycles. The third kappa shape index (κ3) is 3.18. The van der Waals surface area contributed by atoms with Crippen molar-refractivity contribution in [2.24, 2.45) is 5.92 Å². The number of imide groups is 1. The Bertz CT molecular complexity index is 777. The van der Waals surface area contributed by atoms with E-state index >= 15 is 0 Å². The molecule has 1 spiro atoms. The lowest BCUT2D eigenvalue weighted by molar-refractivity contribution is -0.135. The van der Waals surface area contributed by atoms with Gasteiger partial charge in [-0.2, -0.15) is 0 Å². The molecule has 2 aliphatic heterocycles. The first kappa shape index (κ1) is 20.4. The van der Waals surface area contributed by atoms with Gasteiger partial charge in [-0.25, -0.2) is 9.78 Å². The second-order valence-electron chi connectivity index (χ2n) is 8.04. The van der Waals surface area contributed by atoms with Crippen LogP contribution in [0.5, 0.6) is 0 Å². The molecule has 4 amide bonds. The molecule has 0 aliphatic carbocycles. The zero-order valence-corrected chi connectivity index (χ0v) is 17.4. The molecule has 1 aromatic rings. The number of nitrogens with zero attached hydrogens (tertiary/aromatic N) is 4. The van der Waals surface area contributed by atoms with Gasteiger partial charge in [-0.15, -0.1) is 0 Å². The van der Waals surface area contributed by atoms with E-state index in [4.69, 9.17) is 4.42 Å². The number of hydrogen-bond donors (Lipinski definition) is 0. The highest BCUT2D eigenvalue weighted by Gasteiger charge is 2.57. The van der Waals surface area contributed by atoms with Crippen LogP contribution in [0.3, 0.4) is 0 Å². The van der Waals surface area contributed by atoms with Crippen LogP contribution in [0.4, 0.5) is 4.79 Å². The Morgan fingerprint density at radius 2 is 1.86 bits per heavy atom. The van der Waals surface area contributed by atoms with E-state index in [1.54, 1.807) is 16.7 Å². The van der Waals surface area contributed by atoms with Gasteiger partial charge in [0.25, 0.3) is 11.8 Å². The fourth-order valence-electron chi connectivity index (χ4n) is 4.19. The summed E-state index contributed by atoms with van der Waals surface area (Å²) in [5, 5.41) is 0. The summed E-state index contributed by atoms with van der Waals surface area (Å²) >= 11 is 0. The molecule has 154 valence electrons. The molecule has 8 nitrogen and oxygen atoms in total. The predicted molar refractivity (Wildman–Crippen MR) is 103 cm³/mol. The lowest BCUT2D eigenvalue weighted by Crippen LogP contribution is -2.58. The minimum Gasteiger partial charge on any atom is -0.435 e. The van der Waals surface area contributed by atoms with E-state index in [-0.39, 0.29) is 29.5 Å². The minimum atomic E-state index is -0.834. The first-order chi connectivity index (χ1) is 13.2. The second kappa shape index (κ2) is 7.56. The molecule has 0 unspecified atom stereocenters. The van der Waals surface area contributed by atoms with Gasteiger partial charge in [0, 0.05) is 32.6 Å². The fourth-order valence-corrected chi connectivity index (χ4v) is 4.19. The normalized spacial score (nSPS) is 19.4. The van der Waals surface area contributed by atoms with Crippen molar-refractivity contribution in [2.45, 2.75) is 59.4 Å². The van der Waals surface area contributed by atoms with Crippen LogP contribution in [0.2, 0.25) is 0 Å². The topological polar surface area (TPSA) is 87.0 Å². The van der Waals surface area contributed by atoms with Crippen molar-refractivity contribution in [1.29, 1.82) is 0 Å². The molecule has 2 saturated heterocycles. The van der Waals surface area contributed by atoms with Gasteiger partial charge in [0.05, 0.1) is 5.69 Å². The molecule has 0 atom stereocenters. The van der Waals surface area contributed by atoms with E-state index < -0.39 is 5.54 Å². The summed E-state index contributed by atoms with van der Waals surface area (Å²) in [6.07, 6.45) is 1.52. The summed E-state index contributed by atoms with van der Waals surface area (Å²) in [5.41, 5.74) is -0.244. The Balaban J connectivity index is 1.80. The van der Waals surface area contributed by atoms with Gasteiger partial charge in [-0.3, -0.25) is 14.5 Å². The highest BCUT2D eigenvalue weighted by molar-refractivity contribution is 6.07. The average molecular weight is 390 g/mol. The SMILES string of the molecule is CCc1nc(C)c(C(=O)N2CCC3(CC2)C(=O)N(CC)C(=O)N3CC(C)C)o1. The Hall–Kier alpha value is -2.38. The van der Waals surface area contributed by atoms with Gasteiger partial charge < -0.3 is 14.2 Å². The Labute approximate surface area is 165 Å². The number of oxazole rings is 1. The maximum Gasteiger partial charge on any atom is 0.327 e. The average Bonchev–Trinajstić information content (AvgIpc) is 3.13. The monoisotopic (exact) mass is 390 g/mol. The van der Waals surface area contributed by atoms with Crippen molar-refractivity contribution in [3.8, 4) is 0 Å².